The van der Waals surface area contributed by atoms with E-state index in [1.807, 2.05) is 6.07 Å². The highest BCUT2D eigenvalue weighted by atomic mass is 19.4. The van der Waals surface area contributed by atoms with E-state index in [2.05, 4.69) is 5.32 Å². The summed E-state index contributed by atoms with van der Waals surface area (Å²) in [5.41, 5.74) is -0.127. The summed E-state index contributed by atoms with van der Waals surface area (Å²) in [7, 11) is 0. The summed E-state index contributed by atoms with van der Waals surface area (Å²) < 4.78 is 42.8. The molecule has 0 saturated heterocycles. The van der Waals surface area contributed by atoms with E-state index in [9.17, 15) is 18.0 Å². The van der Waals surface area contributed by atoms with Crippen LogP contribution < -0.4 is 10.1 Å². The summed E-state index contributed by atoms with van der Waals surface area (Å²) in [6.07, 6.45) is -4.37. The van der Waals surface area contributed by atoms with Crippen LogP contribution in [0.25, 0.3) is 0 Å². The Morgan fingerprint density at radius 1 is 1.09 bits per heavy atom. The first-order valence-electron chi connectivity index (χ1n) is 7.00. The van der Waals surface area contributed by atoms with E-state index < -0.39 is 17.8 Å². The fraction of sp³-hybridized carbons (Fsp3) is 0.235. The van der Waals surface area contributed by atoms with E-state index in [0.717, 1.165) is 12.1 Å². The Hall–Kier alpha value is -2.50. The average Bonchev–Trinajstić information content (AvgIpc) is 2.53. The Bertz CT molecular complexity index is 639. The van der Waals surface area contributed by atoms with E-state index in [1.54, 1.807) is 31.2 Å². The molecule has 23 heavy (non-hydrogen) atoms. The fourth-order valence-electron chi connectivity index (χ4n) is 1.99. The lowest BCUT2D eigenvalue weighted by molar-refractivity contribution is -0.137. The number of hydrogen-bond acceptors (Lipinski definition) is 2. The molecule has 0 aliphatic heterocycles. The van der Waals surface area contributed by atoms with Gasteiger partial charge in [-0.3, -0.25) is 4.79 Å². The minimum Gasteiger partial charge on any atom is -0.484 e. The quantitative estimate of drug-likeness (QED) is 0.904. The van der Waals surface area contributed by atoms with Gasteiger partial charge in [-0.15, -0.1) is 0 Å². The fourth-order valence-corrected chi connectivity index (χ4v) is 1.99. The highest BCUT2D eigenvalue weighted by Gasteiger charge is 2.30. The van der Waals surface area contributed by atoms with Gasteiger partial charge in [0, 0.05) is 0 Å². The van der Waals surface area contributed by atoms with E-state index in [-0.39, 0.29) is 12.5 Å². The Kier molecular flexibility index (Phi) is 5.26. The van der Waals surface area contributed by atoms with E-state index in [4.69, 9.17) is 4.74 Å². The van der Waals surface area contributed by atoms with Gasteiger partial charge in [0.1, 0.15) is 5.75 Å². The van der Waals surface area contributed by atoms with Gasteiger partial charge in [-0.1, -0.05) is 30.3 Å². The first kappa shape index (κ1) is 16.9. The third-order valence-electron chi connectivity index (χ3n) is 3.23. The number of carbonyl (C=O) groups is 1. The SMILES string of the molecule is CC(NC(=O)COc1ccccc1)c1ccc(C(F)(F)F)cc1. The highest BCUT2D eigenvalue weighted by Crippen LogP contribution is 2.29. The number of nitrogens with one attached hydrogen (secondary N) is 1. The van der Waals surface area contributed by atoms with Crippen LogP contribution >= 0.6 is 0 Å². The van der Waals surface area contributed by atoms with Gasteiger partial charge >= 0.3 is 6.18 Å². The molecule has 2 aromatic rings. The molecule has 1 atom stereocenters. The molecule has 0 bridgehead atoms. The number of amides is 1. The highest BCUT2D eigenvalue weighted by molar-refractivity contribution is 5.78. The van der Waals surface area contributed by atoms with Crippen LogP contribution in [0.2, 0.25) is 0 Å². The predicted molar refractivity (Wildman–Crippen MR) is 79.9 cm³/mol. The molecule has 6 heteroatoms. The van der Waals surface area contributed by atoms with Gasteiger partial charge in [0.25, 0.3) is 5.91 Å². The zero-order valence-corrected chi connectivity index (χ0v) is 12.4. The van der Waals surface area contributed by atoms with Crippen molar-refractivity contribution in [3.63, 3.8) is 0 Å². The number of para-hydroxylation sites is 1. The minimum atomic E-state index is -4.37. The van der Waals surface area contributed by atoms with E-state index in [0.29, 0.717) is 11.3 Å². The van der Waals surface area contributed by atoms with Gasteiger partial charge in [0.05, 0.1) is 11.6 Å². The number of alkyl halides is 3. The van der Waals surface area contributed by atoms with Crippen molar-refractivity contribution in [2.75, 3.05) is 6.61 Å². The second-order valence-corrected chi connectivity index (χ2v) is 5.01. The van der Waals surface area contributed by atoms with Gasteiger partial charge in [-0.2, -0.15) is 13.2 Å². The van der Waals surface area contributed by atoms with Crippen LogP contribution in [0.15, 0.2) is 54.6 Å². The third-order valence-corrected chi connectivity index (χ3v) is 3.23. The molecule has 3 nitrogen and oxygen atoms in total. The molecule has 1 unspecified atom stereocenters. The maximum atomic E-state index is 12.5. The largest absolute Gasteiger partial charge is 0.484 e. The average molecular weight is 323 g/mol. The number of rotatable bonds is 5. The van der Waals surface area contributed by atoms with Gasteiger partial charge in [0.2, 0.25) is 0 Å². The summed E-state index contributed by atoms with van der Waals surface area (Å²) >= 11 is 0. The standard InChI is InChI=1S/C17H16F3NO2/c1-12(13-7-9-14(10-8-13)17(18,19)20)21-16(22)11-23-15-5-3-2-4-6-15/h2-10,12H,11H2,1H3,(H,21,22). The summed E-state index contributed by atoms with van der Waals surface area (Å²) in [4.78, 5) is 11.8. The van der Waals surface area contributed by atoms with E-state index in [1.165, 1.54) is 12.1 Å². The lowest BCUT2D eigenvalue weighted by Crippen LogP contribution is -2.31. The molecule has 0 saturated carbocycles. The molecule has 0 aromatic heterocycles. The normalized spacial score (nSPS) is 12.5. The molecular weight excluding hydrogens is 307 g/mol. The van der Waals surface area contributed by atoms with Crippen molar-refractivity contribution < 1.29 is 22.7 Å². The number of halogens is 3. The van der Waals surface area contributed by atoms with Crippen LogP contribution in [0.4, 0.5) is 13.2 Å². The monoisotopic (exact) mass is 323 g/mol. The van der Waals surface area contributed by atoms with Crippen molar-refractivity contribution in [3.05, 3.63) is 65.7 Å². The maximum absolute atomic E-state index is 12.5. The Morgan fingerprint density at radius 2 is 1.70 bits per heavy atom. The number of ether oxygens (including phenoxy) is 1. The van der Waals surface area contributed by atoms with Crippen molar-refractivity contribution in [1.29, 1.82) is 0 Å². The van der Waals surface area contributed by atoms with Crippen LogP contribution in [0.5, 0.6) is 5.75 Å². The molecule has 2 rings (SSSR count). The molecule has 1 amide bonds. The summed E-state index contributed by atoms with van der Waals surface area (Å²) in [5.74, 6) is 0.228. The number of carbonyl (C=O) groups excluding carboxylic acids is 1. The molecule has 0 radical (unpaired) electrons. The van der Waals surface area contributed by atoms with Gasteiger partial charge in [0.15, 0.2) is 6.61 Å². The summed E-state index contributed by atoms with van der Waals surface area (Å²) in [6.45, 7) is 1.54. The van der Waals surface area contributed by atoms with Crippen molar-refractivity contribution in [3.8, 4) is 5.75 Å². The molecule has 0 aliphatic carbocycles. The molecule has 0 heterocycles. The van der Waals surface area contributed by atoms with Crippen LogP contribution in [0, 0.1) is 0 Å². The second-order valence-electron chi connectivity index (χ2n) is 5.01. The van der Waals surface area contributed by atoms with Crippen LogP contribution in [0.1, 0.15) is 24.1 Å². The number of hydrogen-bond donors (Lipinski definition) is 1. The Balaban J connectivity index is 1.88. The summed E-state index contributed by atoms with van der Waals surface area (Å²) in [5, 5.41) is 2.68. The topological polar surface area (TPSA) is 38.3 Å². The van der Waals surface area contributed by atoms with Crippen LogP contribution in [-0.2, 0) is 11.0 Å². The zero-order chi connectivity index (χ0) is 16.9. The lowest BCUT2D eigenvalue weighted by atomic mass is 10.1. The number of benzene rings is 2. The molecule has 0 fully saturated rings. The first-order valence-corrected chi connectivity index (χ1v) is 7.00. The molecule has 0 spiro atoms. The predicted octanol–water partition coefficient (Wildman–Crippen LogP) is 3.96. The van der Waals surface area contributed by atoms with Crippen molar-refractivity contribution in [1.82, 2.24) is 5.32 Å². The van der Waals surface area contributed by atoms with Crippen LogP contribution in [-0.4, -0.2) is 12.5 Å². The van der Waals surface area contributed by atoms with Crippen molar-refractivity contribution in [2.45, 2.75) is 19.1 Å². The molecule has 122 valence electrons. The second kappa shape index (κ2) is 7.17. The Labute approximate surface area is 132 Å². The third kappa shape index (κ3) is 5.02. The van der Waals surface area contributed by atoms with Gasteiger partial charge in [-0.25, -0.2) is 0 Å². The van der Waals surface area contributed by atoms with E-state index >= 15 is 0 Å². The smallest absolute Gasteiger partial charge is 0.416 e. The summed E-state index contributed by atoms with van der Waals surface area (Å²) in [6, 6.07) is 13.2. The molecule has 2 aromatic carbocycles. The van der Waals surface area contributed by atoms with Gasteiger partial charge in [-0.05, 0) is 36.8 Å². The van der Waals surface area contributed by atoms with Gasteiger partial charge < -0.3 is 10.1 Å². The Morgan fingerprint density at radius 3 is 2.26 bits per heavy atom. The lowest BCUT2D eigenvalue weighted by Gasteiger charge is -2.15. The molecular formula is C17H16F3NO2. The van der Waals surface area contributed by atoms with Crippen LogP contribution in [0.3, 0.4) is 0 Å². The molecule has 1 N–H and O–H groups in total. The minimum absolute atomic E-state index is 0.158. The molecule has 0 aliphatic rings. The zero-order valence-electron chi connectivity index (χ0n) is 12.4. The first-order chi connectivity index (χ1) is 10.9. The van der Waals surface area contributed by atoms with Crippen molar-refractivity contribution in [2.24, 2.45) is 0 Å². The van der Waals surface area contributed by atoms with Crippen molar-refractivity contribution >= 4 is 5.91 Å². The maximum Gasteiger partial charge on any atom is 0.416 e.